The minimum Gasteiger partial charge on any atom is -0.434 e. The highest BCUT2D eigenvalue weighted by Gasteiger charge is 2.27. The summed E-state index contributed by atoms with van der Waals surface area (Å²) in [7, 11) is 0. The van der Waals surface area contributed by atoms with E-state index in [1.54, 1.807) is 6.20 Å². The summed E-state index contributed by atoms with van der Waals surface area (Å²) in [4.78, 5) is 25.8. The lowest BCUT2D eigenvalue weighted by Gasteiger charge is -2.20. The third kappa shape index (κ3) is 2.79. The van der Waals surface area contributed by atoms with Gasteiger partial charge in [-0.1, -0.05) is 23.8 Å². The summed E-state index contributed by atoms with van der Waals surface area (Å²) in [5.74, 6) is 1.24. The smallest absolute Gasteiger partial charge is 0.229 e. The lowest BCUT2D eigenvalue weighted by molar-refractivity contribution is -0.120. The standard InChI is InChI=1S/C22H19N3O2/c1-13-4-2-5-15(12-13)21-24-18(14-7-9-16(26)10-8-14)20-19(25-21)17-6-3-11-23-22(17)27-20/h2-6,11-12,14H,7-10H2,1H3. The van der Waals surface area contributed by atoms with Gasteiger partial charge in [0.25, 0.3) is 0 Å². The fourth-order valence-electron chi connectivity index (χ4n) is 3.90. The van der Waals surface area contributed by atoms with Crippen LogP contribution in [0.3, 0.4) is 0 Å². The summed E-state index contributed by atoms with van der Waals surface area (Å²) in [6, 6.07) is 12.1. The van der Waals surface area contributed by atoms with Gasteiger partial charge in [-0.05, 0) is 38.0 Å². The van der Waals surface area contributed by atoms with Crippen molar-refractivity contribution in [1.82, 2.24) is 15.0 Å². The molecule has 0 N–H and O–H groups in total. The molecule has 3 heterocycles. The van der Waals surface area contributed by atoms with Crippen LogP contribution in [0.1, 0.15) is 42.9 Å². The summed E-state index contributed by atoms with van der Waals surface area (Å²) in [6.07, 6.45) is 4.55. The lowest BCUT2D eigenvalue weighted by Crippen LogP contribution is -2.14. The number of rotatable bonds is 2. The first-order valence-corrected chi connectivity index (χ1v) is 9.33. The van der Waals surface area contributed by atoms with Gasteiger partial charge in [-0.3, -0.25) is 4.79 Å². The summed E-state index contributed by atoms with van der Waals surface area (Å²) in [6.45, 7) is 2.06. The van der Waals surface area contributed by atoms with Gasteiger partial charge in [0.15, 0.2) is 11.4 Å². The molecule has 0 bridgehead atoms. The van der Waals surface area contributed by atoms with Crippen LogP contribution < -0.4 is 0 Å². The fourth-order valence-corrected chi connectivity index (χ4v) is 3.90. The number of benzene rings is 1. The van der Waals surface area contributed by atoms with Crippen LogP contribution in [0.5, 0.6) is 0 Å². The Labute approximate surface area is 156 Å². The highest BCUT2D eigenvalue weighted by Crippen LogP contribution is 2.38. The molecule has 0 atom stereocenters. The van der Waals surface area contributed by atoms with Gasteiger partial charge in [0.05, 0.1) is 11.1 Å². The first-order valence-electron chi connectivity index (χ1n) is 9.33. The molecule has 27 heavy (non-hydrogen) atoms. The number of pyridine rings is 1. The van der Waals surface area contributed by atoms with Gasteiger partial charge >= 0.3 is 0 Å². The predicted molar refractivity (Wildman–Crippen MR) is 103 cm³/mol. The van der Waals surface area contributed by atoms with E-state index in [2.05, 4.69) is 24.0 Å². The molecule has 0 radical (unpaired) electrons. The number of aryl methyl sites for hydroxylation is 1. The van der Waals surface area contributed by atoms with Gasteiger partial charge in [0.2, 0.25) is 5.71 Å². The van der Waals surface area contributed by atoms with Gasteiger partial charge < -0.3 is 4.42 Å². The van der Waals surface area contributed by atoms with Crippen molar-refractivity contribution >= 4 is 28.0 Å². The van der Waals surface area contributed by atoms with E-state index in [4.69, 9.17) is 14.4 Å². The normalized spacial score (nSPS) is 15.7. The van der Waals surface area contributed by atoms with E-state index in [1.165, 1.54) is 5.56 Å². The summed E-state index contributed by atoms with van der Waals surface area (Å²) < 4.78 is 6.06. The second kappa shape index (κ2) is 6.27. The third-order valence-electron chi connectivity index (χ3n) is 5.32. The lowest BCUT2D eigenvalue weighted by atomic mass is 9.85. The van der Waals surface area contributed by atoms with E-state index in [1.807, 2.05) is 24.3 Å². The number of aromatic nitrogens is 3. The van der Waals surface area contributed by atoms with Crippen molar-refractivity contribution in [1.29, 1.82) is 0 Å². The SMILES string of the molecule is Cc1cccc(-c2nc(C3CCC(=O)CC3)c3oc4ncccc4c3n2)c1. The Hall–Kier alpha value is -3.08. The van der Waals surface area contributed by atoms with E-state index in [-0.39, 0.29) is 5.92 Å². The number of carbonyl (C=O) groups excluding carboxylic acids is 1. The van der Waals surface area contributed by atoms with E-state index in [0.717, 1.165) is 35.0 Å². The molecule has 5 rings (SSSR count). The van der Waals surface area contributed by atoms with Gasteiger partial charge in [-0.25, -0.2) is 15.0 Å². The zero-order chi connectivity index (χ0) is 18.4. The molecule has 3 aromatic heterocycles. The molecule has 5 heteroatoms. The summed E-state index contributed by atoms with van der Waals surface area (Å²) in [5, 5.41) is 0.900. The number of ketones is 1. The monoisotopic (exact) mass is 357 g/mol. The molecule has 1 saturated carbocycles. The van der Waals surface area contributed by atoms with E-state index >= 15 is 0 Å². The molecule has 1 aliphatic carbocycles. The van der Waals surface area contributed by atoms with Crippen LogP contribution in [0.4, 0.5) is 0 Å². The Balaban J connectivity index is 1.76. The van der Waals surface area contributed by atoms with Crippen LogP contribution in [-0.2, 0) is 4.79 Å². The zero-order valence-corrected chi connectivity index (χ0v) is 15.1. The van der Waals surface area contributed by atoms with Crippen molar-refractivity contribution in [2.24, 2.45) is 0 Å². The van der Waals surface area contributed by atoms with Gasteiger partial charge in [0.1, 0.15) is 11.3 Å². The number of hydrogen-bond donors (Lipinski definition) is 0. The average molecular weight is 357 g/mol. The Kier molecular flexibility index (Phi) is 3.74. The molecule has 0 unspecified atom stereocenters. The van der Waals surface area contributed by atoms with Gasteiger partial charge in [-0.15, -0.1) is 0 Å². The van der Waals surface area contributed by atoms with Crippen LogP contribution in [0.15, 0.2) is 47.0 Å². The van der Waals surface area contributed by atoms with Crippen LogP contribution in [0, 0.1) is 6.92 Å². The van der Waals surface area contributed by atoms with Gasteiger partial charge in [-0.2, -0.15) is 0 Å². The molecule has 1 aromatic carbocycles. The molecule has 134 valence electrons. The topological polar surface area (TPSA) is 68.9 Å². The molecule has 0 amide bonds. The predicted octanol–water partition coefficient (Wildman–Crippen LogP) is 4.97. The Morgan fingerprint density at radius 2 is 1.93 bits per heavy atom. The van der Waals surface area contributed by atoms with Crippen molar-refractivity contribution in [3.8, 4) is 11.4 Å². The Morgan fingerprint density at radius 1 is 1.07 bits per heavy atom. The minimum absolute atomic E-state index is 0.206. The second-order valence-electron chi connectivity index (χ2n) is 7.25. The molecule has 4 aromatic rings. The maximum atomic E-state index is 11.7. The van der Waals surface area contributed by atoms with Crippen molar-refractivity contribution in [3.63, 3.8) is 0 Å². The quantitative estimate of drug-likeness (QED) is 0.506. The van der Waals surface area contributed by atoms with Crippen LogP contribution >= 0.6 is 0 Å². The maximum Gasteiger partial charge on any atom is 0.229 e. The van der Waals surface area contributed by atoms with Crippen LogP contribution in [0.25, 0.3) is 33.6 Å². The van der Waals surface area contributed by atoms with Crippen molar-refractivity contribution in [2.45, 2.75) is 38.5 Å². The maximum absolute atomic E-state index is 11.7. The van der Waals surface area contributed by atoms with Crippen molar-refractivity contribution in [2.75, 3.05) is 0 Å². The molecule has 1 aliphatic rings. The van der Waals surface area contributed by atoms with Crippen LogP contribution in [0.2, 0.25) is 0 Å². The van der Waals surface area contributed by atoms with Crippen molar-refractivity contribution in [3.05, 3.63) is 53.9 Å². The highest BCUT2D eigenvalue weighted by atomic mass is 16.3. The number of nitrogens with zero attached hydrogens (tertiary/aromatic N) is 3. The number of carbonyl (C=O) groups is 1. The summed E-state index contributed by atoms with van der Waals surface area (Å²) in [5.41, 5.74) is 5.15. The van der Waals surface area contributed by atoms with Crippen molar-refractivity contribution < 1.29 is 9.21 Å². The Morgan fingerprint density at radius 3 is 2.74 bits per heavy atom. The Bertz CT molecular complexity index is 1170. The molecule has 1 fully saturated rings. The third-order valence-corrected chi connectivity index (χ3v) is 5.32. The minimum atomic E-state index is 0.206. The number of fused-ring (bicyclic) bond motifs is 3. The largest absolute Gasteiger partial charge is 0.434 e. The van der Waals surface area contributed by atoms with E-state index in [9.17, 15) is 4.79 Å². The number of Topliss-reactive ketones (excluding diaryl/α,β-unsaturated/α-hetero) is 1. The molecule has 0 saturated heterocycles. The number of hydrogen-bond acceptors (Lipinski definition) is 5. The number of furan rings is 1. The fraction of sp³-hybridized carbons (Fsp3) is 0.273. The zero-order valence-electron chi connectivity index (χ0n) is 15.1. The molecular weight excluding hydrogens is 338 g/mol. The first kappa shape index (κ1) is 16.1. The van der Waals surface area contributed by atoms with E-state index in [0.29, 0.717) is 35.7 Å². The van der Waals surface area contributed by atoms with Crippen LogP contribution in [-0.4, -0.2) is 20.7 Å². The molecule has 0 aliphatic heterocycles. The highest BCUT2D eigenvalue weighted by molar-refractivity contribution is 6.02. The first-order chi connectivity index (χ1) is 13.2. The molecular formula is C22H19N3O2. The summed E-state index contributed by atoms with van der Waals surface area (Å²) >= 11 is 0. The second-order valence-corrected chi connectivity index (χ2v) is 7.25. The van der Waals surface area contributed by atoms with Gasteiger partial charge in [0, 0.05) is 30.5 Å². The molecule has 5 nitrogen and oxygen atoms in total. The van der Waals surface area contributed by atoms with E-state index < -0.39 is 0 Å². The molecule has 0 spiro atoms. The average Bonchev–Trinajstić information content (AvgIpc) is 3.07.